The van der Waals surface area contributed by atoms with Gasteiger partial charge in [0.1, 0.15) is 11.8 Å². The van der Waals surface area contributed by atoms with Crippen LogP contribution in [-0.2, 0) is 0 Å². The average Bonchev–Trinajstić information content (AvgIpc) is 2.65. The Kier molecular flexibility index (Phi) is 2.21. The summed E-state index contributed by atoms with van der Waals surface area (Å²) >= 11 is 5.84. The Balaban J connectivity index is 2.56. The lowest BCUT2D eigenvalue weighted by Crippen LogP contribution is -1.79. The Bertz CT molecular complexity index is 496. The van der Waals surface area contributed by atoms with Crippen molar-refractivity contribution < 1.29 is 0 Å². The van der Waals surface area contributed by atoms with Crippen molar-refractivity contribution in [2.75, 3.05) is 0 Å². The van der Waals surface area contributed by atoms with Gasteiger partial charge in [-0.15, -0.1) is 0 Å². The molecule has 4 heteroatoms. The van der Waals surface area contributed by atoms with Gasteiger partial charge in [0.25, 0.3) is 0 Å². The highest BCUT2D eigenvalue weighted by Crippen LogP contribution is 2.23. The number of H-pyrrole nitrogens is 1. The number of nitrogens with one attached hydrogen (secondary N) is 1. The molecular weight excluding hydrogens is 198 g/mol. The van der Waals surface area contributed by atoms with Gasteiger partial charge in [0.05, 0.1) is 6.20 Å². The minimum atomic E-state index is 0.451. The zero-order valence-electron chi connectivity index (χ0n) is 7.16. The molecule has 0 spiro atoms. The summed E-state index contributed by atoms with van der Waals surface area (Å²) in [6, 6.07) is 9.35. The molecule has 1 aromatic carbocycles. The summed E-state index contributed by atoms with van der Waals surface area (Å²) < 4.78 is 0. The summed E-state index contributed by atoms with van der Waals surface area (Å²) in [6.45, 7) is 0. The number of rotatable bonds is 1. The van der Waals surface area contributed by atoms with E-state index in [1.165, 1.54) is 0 Å². The van der Waals surface area contributed by atoms with Gasteiger partial charge in [-0.05, 0) is 17.7 Å². The third-order valence-corrected chi connectivity index (χ3v) is 2.12. The predicted octanol–water partition coefficient (Wildman–Crippen LogP) is 2.60. The molecule has 2 aromatic rings. The largest absolute Gasteiger partial charge is 0.267 e. The smallest absolute Gasteiger partial charge is 0.143 e. The van der Waals surface area contributed by atoms with E-state index in [0.717, 1.165) is 11.1 Å². The maximum absolute atomic E-state index is 8.78. The zero-order valence-corrected chi connectivity index (χ0v) is 7.92. The summed E-state index contributed by atoms with van der Waals surface area (Å²) in [4.78, 5) is 0. The molecule has 0 fully saturated rings. The van der Waals surface area contributed by atoms with E-state index in [-0.39, 0.29) is 0 Å². The van der Waals surface area contributed by atoms with Crippen LogP contribution in [0.5, 0.6) is 0 Å². The standard InChI is InChI=1S/C10H6ClN3/c11-8-3-1-2-7(4-8)9-6-13-14-10(9)5-12/h1-4,6H,(H,13,14). The number of aromatic amines is 1. The molecular formula is C10H6ClN3. The molecule has 14 heavy (non-hydrogen) atoms. The van der Waals surface area contributed by atoms with E-state index in [9.17, 15) is 0 Å². The summed E-state index contributed by atoms with van der Waals surface area (Å²) in [5, 5.41) is 15.9. The van der Waals surface area contributed by atoms with Crippen molar-refractivity contribution in [3.8, 4) is 17.2 Å². The normalized spacial score (nSPS) is 9.71. The molecule has 0 saturated carbocycles. The second-order valence-electron chi connectivity index (χ2n) is 2.78. The third-order valence-electron chi connectivity index (χ3n) is 1.89. The summed E-state index contributed by atoms with van der Waals surface area (Å²) in [5.41, 5.74) is 2.12. The highest BCUT2D eigenvalue weighted by Gasteiger charge is 2.06. The van der Waals surface area contributed by atoms with Crippen LogP contribution in [0.1, 0.15) is 5.69 Å². The van der Waals surface area contributed by atoms with Gasteiger partial charge in [-0.1, -0.05) is 23.7 Å². The lowest BCUT2D eigenvalue weighted by Gasteiger charge is -1.97. The van der Waals surface area contributed by atoms with E-state index in [0.29, 0.717) is 10.7 Å². The molecule has 0 atom stereocenters. The molecule has 3 nitrogen and oxygen atoms in total. The maximum atomic E-state index is 8.78. The Morgan fingerprint density at radius 2 is 2.29 bits per heavy atom. The van der Waals surface area contributed by atoms with Crippen molar-refractivity contribution >= 4 is 11.6 Å². The van der Waals surface area contributed by atoms with Gasteiger partial charge in [-0.2, -0.15) is 10.4 Å². The van der Waals surface area contributed by atoms with Gasteiger partial charge < -0.3 is 0 Å². The van der Waals surface area contributed by atoms with Crippen LogP contribution in [0.25, 0.3) is 11.1 Å². The molecule has 0 amide bonds. The van der Waals surface area contributed by atoms with Crippen LogP contribution >= 0.6 is 11.6 Å². The van der Waals surface area contributed by atoms with Gasteiger partial charge in [0.2, 0.25) is 0 Å². The molecule has 1 N–H and O–H groups in total. The predicted molar refractivity (Wildman–Crippen MR) is 53.7 cm³/mol. The Hall–Kier alpha value is -1.79. The number of aromatic nitrogens is 2. The first-order chi connectivity index (χ1) is 6.81. The summed E-state index contributed by atoms with van der Waals surface area (Å²) in [5.74, 6) is 0. The number of halogens is 1. The number of benzene rings is 1. The minimum absolute atomic E-state index is 0.451. The average molecular weight is 204 g/mol. The molecule has 1 heterocycles. The molecule has 68 valence electrons. The highest BCUT2D eigenvalue weighted by atomic mass is 35.5. The molecule has 0 unspecified atom stereocenters. The summed E-state index contributed by atoms with van der Waals surface area (Å²) in [6.07, 6.45) is 1.62. The number of nitriles is 1. The molecule has 0 radical (unpaired) electrons. The van der Waals surface area contributed by atoms with Crippen molar-refractivity contribution in [3.05, 3.63) is 41.2 Å². The van der Waals surface area contributed by atoms with Gasteiger partial charge in [-0.25, -0.2) is 0 Å². The fourth-order valence-electron chi connectivity index (χ4n) is 1.25. The molecule has 1 aromatic heterocycles. The highest BCUT2D eigenvalue weighted by molar-refractivity contribution is 6.30. The van der Waals surface area contributed by atoms with Crippen LogP contribution in [0, 0.1) is 11.3 Å². The fraction of sp³-hybridized carbons (Fsp3) is 0. The second-order valence-corrected chi connectivity index (χ2v) is 3.22. The van der Waals surface area contributed by atoms with Gasteiger partial charge in [0, 0.05) is 10.6 Å². The van der Waals surface area contributed by atoms with E-state index in [4.69, 9.17) is 16.9 Å². The van der Waals surface area contributed by atoms with Crippen molar-refractivity contribution in [1.29, 1.82) is 5.26 Å². The number of hydrogen-bond donors (Lipinski definition) is 1. The van der Waals surface area contributed by atoms with E-state index in [2.05, 4.69) is 10.2 Å². The van der Waals surface area contributed by atoms with Crippen molar-refractivity contribution in [3.63, 3.8) is 0 Å². The monoisotopic (exact) mass is 203 g/mol. The zero-order chi connectivity index (χ0) is 9.97. The van der Waals surface area contributed by atoms with Crippen LogP contribution in [0.2, 0.25) is 5.02 Å². The Morgan fingerprint density at radius 3 is 3.00 bits per heavy atom. The van der Waals surface area contributed by atoms with Crippen LogP contribution in [0.3, 0.4) is 0 Å². The van der Waals surface area contributed by atoms with Crippen LogP contribution in [-0.4, -0.2) is 10.2 Å². The van der Waals surface area contributed by atoms with E-state index < -0.39 is 0 Å². The van der Waals surface area contributed by atoms with Crippen molar-refractivity contribution in [1.82, 2.24) is 10.2 Å². The van der Waals surface area contributed by atoms with E-state index in [1.807, 2.05) is 18.2 Å². The maximum Gasteiger partial charge on any atom is 0.143 e. The van der Waals surface area contributed by atoms with Crippen LogP contribution < -0.4 is 0 Å². The first-order valence-corrected chi connectivity index (χ1v) is 4.38. The molecule has 0 aliphatic carbocycles. The first-order valence-electron chi connectivity index (χ1n) is 4.00. The minimum Gasteiger partial charge on any atom is -0.267 e. The molecule has 0 aliphatic heterocycles. The quantitative estimate of drug-likeness (QED) is 0.775. The molecule has 0 saturated heterocycles. The second kappa shape index (κ2) is 3.52. The Morgan fingerprint density at radius 1 is 1.43 bits per heavy atom. The van der Waals surface area contributed by atoms with Crippen molar-refractivity contribution in [2.24, 2.45) is 0 Å². The number of nitrogens with zero attached hydrogens (tertiary/aromatic N) is 2. The van der Waals surface area contributed by atoms with E-state index in [1.54, 1.807) is 18.3 Å². The number of hydrogen-bond acceptors (Lipinski definition) is 2. The summed E-state index contributed by atoms with van der Waals surface area (Å²) in [7, 11) is 0. The van der Waals surface area contributed by atoms with Gasteiger partial charge in [-0.3, -0.25) is 5.10 Å². The lowest BCUT2D eigenvalue weighted by molar-refractivity contribution is 1.07. The van der Waals surface area contributed by atoms with Gasteiger partial charge >= 0.3 is 0 Å². The molecule has 0 aliphatic rings. The van der Waals surface area contributed by atoms with Crippen molar-refractivity contribution in [2.45, 2.75) is 0 Å². The molecule has 0 bridgehead atoms. The lowest BCUT2D eigenvalue weighted by atomic mass is 10.1. The Labute approximate surface area is 85.9 Å². The first kappa shape index (κ1) is 8.79. The third kappa shape index (κ3) is 1.48. The van der Waals surface area contributed by atoms with Crippen LogP contribution in [0.15, 0.2) is 30.5 Å². The van der Waals surface area contributed by atoms with Crippen LogP contribution in [0.4, 0.5) is 0 Å². The topological polar surface area (TPSA) is 52.5 Å². The SMILES string of the molecule is N#Cc1[nH]ncc1-c1cccc(Cl)c1. The molecule has 2 rings (SSSR count). The fourth-order valence-corrected chi connectivity index (χ4v) is 1.44. The van der Waals surface area contributed by atoms with Gasteiger partial charge in [0.15, 0.2) is 0 Å². The van der Waals surface area contributed by atoms with E-state index >= 15 is 0 Å².